The fraction of sp³-hybridized carbons (Fsp3) is 0.538. The molecule has 0 spiro atoms. The lowest BCUT2D eigenvalue weighted by molar-refractivity contribution is 0.411. The third kappa shape index (κ3) is 2.65. The molecule has 83 valence electrons. The maximum atomic E-state index is 5.35. The molecule has 1 radical (unpaired) electrons. The van der Waals surface area contributed by atoms with Crippen molar-refractivity contribution in [1.29, 1.82) is 0 Å². The SMILES string of the molecule is COc1c[c]ccc1N(C(C)C)C(C)C. The topological polar surface area (TPSA) is 12.5 Å². The molecule has 0 unspecified atom stereocenters. The zero-order chi connectivity index (χ0) is 11.4. The van der Waals surface area contributed by atoms with Crippen LogP contribution >= 0.6 is 0 Å². The normalized spacial score (nSPS) is 10.9. The van der Waals surface area contributed by atoms with Crippen LogP contribution in [0.5, 0.6) is 5.75 Å². The van der Waals surface area contributed by atoms with Gasteiger partial charge in [-0.2, -0.15) is 0 Å². The average Bonchev–Trinajstić information content (AvgIpc) is 2.17. The summed E-state index contributed by atoms with van der Waals surface area (Å²) in [5.41, 5.74) is 1.14. The van der Waals surface area contributed by atoms with Crippen molar-refractivity contribution in [3.05, 3.63) is 24.3 Å². The van der Waals surface area contributed by atoms with E-state index in [-0.39, 0.29) is 0 Å². The highest BCUT2D eigenvalue weighted by Crippen LogP contribution is 2.30. The minimum absolute atomic E-state index is 0.460. The van der Waals surface area contributed by atoms with Crippen molar-refractivity contribution in [2.45, 2.75) is 39.8 Å². The van der Waals surface area contributed by atoms with E-state index in [9.17, 15) is 0 Å². The van der Waals surface area contributed by atoms with Crippen LogP contribution in [0.4, 0.5) is 5.69 Å². The quantitative estimate of drug-likeness (QED) is 0.750. The molecule has 0 fully saturated rings. The standard InChI is InChI=1S/C13H20NO/c1-10(2)14(11(3)4)12-8-6-7-9-13(12)15-5/h6,8-11H,1-5H3. The van der Waals surface area contributed by atoms with Crippen LogP contribution in [0, 0.1) is 6.07 Å². The third-order valence-electron chi connectivity index (χ3n) is 2.42. The second-order valence-corrected chi connectivity index (χ2v) is 4.19. The lowest BCUT2D eigenvalue weighted by Crippen LogP contribution is -2.37. The summed E-state index contributed by atoms with van der Waals surface area (Å²) in [4.78, 5) is 2.34. The fourth-order valence-corrected chi connectivity index (χ4v) is 1.94. The molecular formula is C13H20NO. The smallest absolute Gasteiger partial charge is 0.142 e. The molecule has 0 amide bonds. The Balaban J connectivity index is 3.10. The van der Waals surface area contributed by atoms with Crippen molar-refractivity contribution in [2.75, 3.05) is 12.0 Å². The van der Waals surface area contributed by atoms with E-state index in [1.165, 1.54) is 0 Å². The number of nitrogens with zero attached hydrogens (tertiary/aromatic N) is 1. The molecule has 0 bridgehead atoms. The summed E-state index contributed by atoms with van der Waals surface area (Å²) in [6.07, 6.45) is 0. The molecule has 0 aliphatic heterocycles. The minimum atomic E-state index is 0.460. The summed E-state index contributed by atoms with van der Waals surface area (Å²) in [5, 5.41) is 0. The molecule has 0 aromatic heterocycles. The Hall–Kier alpha value is -1.18. The number of ether oxygens (including phenoxy) is 1. The molecule has 0 aliphatic rings. The Kier molecular flexibility index (Phi) is 4.01. The predicted octanol–water partition coefficient (Wildman–Crippen LogP) is 3.12. The Morgan fingerprint density at radius 3 is 2.27 bits per heavy atom. The van der Waals surface area contributed by atoms with E-state index in [0.29, 0.717) is 12.1 Å². The molecule has 0 atom stereocenters. The first-order valence-electron chi connectivity index (χ1n) is 5.40. The maximum absolute atomic E-state index is 5.35. The molecule has 0 N–H and O–H groups in total. The first kappa shape index (κ1) is 11.9. The van der Waals surface area contributed by atoms with Gasteiger partial charge in [0.1, 0.15) is 5.75 Å². The Labute approximate surface area is 92.9 Å². The van der Waals surface area contributed by atoms with E-state index < -0.39 is 0 Å². The van der Waals surface area contributed by atoms with Crippen LogP contribution in [-0.2, 0) is 0 Å². The van der Waals surface area contributed by atoms with E-state index >= 15 is 0 Å². The van der Waals surface area contributed by atoms with Crippen LogP contribution in [0.1, 0.15) is 27.7 Å². The van der Waals surface area contributed by atoms with Crippen molar-refractivity contribution < 1.29 is 4.74 Å². The van der Waals surface area contributed by atoms with Crippen LogP contribution in [0.3, 0.4) is 0 Å². The number of hydrogen-bond acceptors (Lipinski definition) is 2. The van der Waals surface area contributed by atoms with Gasteiger partial charge in [-0.15, -0.1) is 0 Å². The molecular weight excluding hydrogens is 186 g/mol. The third-order valence-corrected chi connectivity index (χ3v) is 2.42. The van der Waals surface area contributed by atoms with Crippen molar-refractivity contribution in [2.24, 2.45) is 0 Å². The number of anilines is 1. The molecule has 0 heterocycles. The summed E-state index contributed by atoms with van der Waals surface area (Å²) in [5.74, 6) is 0.889. The van der Waals surface area contributed by atoms with Gasteiger partial charge in [0.2, 0.25) is 0 Å². The van der Waals surface area contributed by atoms with Gasteiger partial charge in [-0.3, -0.25) is 0 Å². The molecule has 0 saturated carbocycles. The second-order valence-electron chi connectivity index (χ2n) is 4.19. The Bertz CT molecular complexity index is 299. The summed E-state index contributed by atoms with van der Waals surface area (Å²) in [6.45, 7) is 8.76. The van der Waals surface area contributed by atoms with Gasteiger partial charge < -0.3 is 9.64 Å². The number of rotatable bonds is 4. The van der Waals surface area contributed by atoms with Gasteiger partial charge in [0, 0.05) is 12.1 Å². The second kappa shape index (κ2) is 5.06. The summed E-state index contributed by atoms with van der Waals surface area (Å²) < 4.78 is 5.35. The van der Waals surface area contributed by atoms with Crippen molar-refractivity contribution in [3.8, 4) is 5.75 Å². The average molecular weight is 206 g/mol. The highest BCUT2D eigenvalue weighted by atomic mass is 16.5. The summed E-state index contributed by atoms with van der Waals surface area (Å²) in [6, 6.07) is 9.82. The minimum Gasteiger partial charge on any atom is -0.495 e. The largest absolute Gasteiger partial charge is 0.495 e. The summed E-state index contributed by atoms with van der Waals surface area (Å²) in [7, 11) is 1.70. The molecule has 0 saturated heterocycles. The molecule has 1 aromatic carbocycles. The van der Waals surface area contributed by atoms with E-state index in [2.05, 4.69) is 44.7 Å². The molecule has 0 aliphatic carbocycles. The first-order chi connectivity index (χ1) is 7.07. The van der Waals surface area contributed by atoms with E-state index in [0.717, 1.165) is 11.4 Å². The highest BCUT2D eigenvalue weighted by molar-refractivity contribution is 5.59. The molecule has 2 heteroatoms. The molecule has 1 rings (SSSR count). The monoisotopic (exact) mass is 206 g/mol. The van der Waals surface area contributed by atoms with Gasteiger partial charge in [-0.1, -0.05) is 6.07 Å². The van der Waals surface area contributed by atoms with Gasteiger partial charge in [0.25, 0.3) is 0 Å². The van der Waals surface area contributed by atoms with Crippen LogP contribution in [0.2, 0.25) is 0 Å². The Morgan fingerprint density at radius 1 is 1.20 bits per heavy atom. The first-order valence-corrected chi connectivity index (χ1v) is 5.40. The summed E-state index contributed by atoms with van der Waals surface area (Å²) >= 11 is 0. The van der Waals surface area contributed by atoms with Gasteiger partial charge >= 0.3 is 0 Å². The van der Waals surface area contributed by atoms with Crippen LogP contribution in [0.15, 0.2) is 18.2 Å². The van der Waals surface area contributed by atoms with E-state index in [4.69, 9.17) is 4.74 Å². The van der Waals surface area contributed by atoms with Crippen molar-refractivity contribution >= 4 is 5.69 Å². The fourth-order valence-electron chi connectivity index (χ4n) is 1.94. The Morgan fingerprint density at radius 2 is 1.80 bits per heavy atom. The lowest BCUT2D eigenvalue weighted by atomic mass is 10.1. The van der Waals surface area contributed by atoms with Crippen LogP contribution < -0.4 is 9.64 Å². The number of benzene rings is 1. The van der Waals surface area contributed by atoms with Gasteiger partial charge in [0.05, 0.1) is 12.8 Å². The lowest BCUT2D eigenvalue weighted by Gasteiger charge is -2.34. The molecule has 1 aromatic rings. The predicted molar refractivity (Wildman–Crippen MR) is 64.6 cm³/mol. The number of methoxy groups -OCH3 is 1. The molecule has 15 heavy (non-hydrogen) atoms. The number of hydrogen-bond donors (Lipinski definition) is 0. The zero-order valence-corrected chi connectivity index (χ0v) is 10.2. The van der Waals surface area contributed by atoms with E-state index in [1.807, 2.05) is 12.1 Å². The van der Waals surface area contributed by atoms with Gasteiger partial charge in [0.15, 0.2) is 0 Å². The van der Waals surface area contributed by atoms with E-state index in [1.54, 1.807) is 7.11 Å². The zero-order valence-electron chi connectivity index (χ0n) is 10.2. The maximum Gasteiger partial charge on any atom is 0.142 e. The van der Waals surface area contributed by atoms with Crippen LogP contribution in [-0.4, -0.2) is 19.2 Å². The van der Waals surface area contributed by atoms with Gasteiger partial charge in [-0.05, 0) is 45.9 Å². The van der Waals surface area contributed by atoms with Gasteiger partial charge in [-0.25, -0.2) is 0 Å². The highest BCUT2D eigenvalue weighted by Gasteiger charge is 2.17. The van der Waals surface area contributed by atoms with Crippen LogP contribution in [0.25, 0.3) is 0 Å². The molecule has 2 nitrogen and oxygen atoms in total. The van der Waals surface area contributed by atoms with Crippen molar-refractivity contribution in [3.63, 3.8) is 0 Å². The van der Waals surface area contributed by atoms with Crippen molar-refractivity contribution in [1.82, 2.24) is 0 Å².